The van der Waals surface area contributed by atoms with E-state index >= 15 is 0 Å². The fraction of sp³-hybridized carbons (Fsp3) is 0.200. The van der Waals surface area contributed by atoms with Crippen LogP contribution in [0.15, 0.2) is 52.3 Å². The second-order valence-corrected chi connectivity index (χ2v) is 8.51. The molecule has 0 saturated carbocycles. The first-order valence-electron chi connectivity index (χ1n) is 6.13. The summed E-state index contributed by atoms with van der Waals surface area (Å²) in [7, 11) is -0.329. The highest BCUT2D eigenvalue weighted by Crippen LogP contribution is 2.50. The van der Waals surface area contributed by atoms with Crippen molar-refractivity contribution in [2.45, 2.75) is 29.3 Å². The molecule has 92 valence electrons. The van der Waals surface area contributed by atoms with Gasteiger partial charge in [0, 0.05) is 20.8 Å². The number of rotatable bonds is 1. The summed E-state index contributed by atoms with van der Waals surface area (Å²) < 4.78 is 0. The van der Waals surface area contributed by atoms with E-state index in [4.69, 9.17) is 5.73 Å². The first-order chi connectivity index (χ1) is 8.68. The largest absolute Gasteiger partial charge is 0.398 e. The molecule has 0 aromatic heterocycles. The third-order valence-corrected chi connectivity index (χ3v) is 7.49. The van der Waals surface area contributed by atoms with Crippen LogP contribution >= 0.6 is 19.7 Å². The molecule has 1 unspecified atom stereocenters. The van der Waals surface area contributed by atoms with Gasteiger partial charge in [0.2, 0.25) is 0 Å². The Morgan fingerprint density at radius 3 is 2.50 bits per heavy atom. The van der Waals surface area contributed by atoms with Crippen molar-refractivity contribution >= 4 is 36.0 Å². The molecule has 0 saturated heterocycles. The fourth-order valence-corrected chi connectivity index (χ4v) is 6.72. The molecule has 0 bridgehead atoms. The molecular weight excluding hydrogens is 257 g/mol. The van der Waals surface area contributed by atoms with Gasteiger partial charge >= 0.3 is 0 Å². The number of nitrogen functional groups attached to an aromatic ring is 1. The van der Waals surface area contributed by atoms with Crippen molar-refractivity contribution in [3.8, 4) is 0 Å². The molecule has 2 N–H and O–H groups in total. The van der Waals surface area contributed by atoms with E-state index in [-0.39, 0.29) is 7.92 Å². The Kier molecular flexibility index (Phi) is 3.09. The van der Waals surface area contributed by atoms with Crippen molar-refractivity contribution in [1.29, 1.82) is 0 Å². The van der Waals surface area contributed by atoms with E-state index in [9.17, 15) is 0 Å². The monoisotopic (exact) mass is 273 g/mol. The number of anilines is 1. The normalized spacial score (nSPS) is 17.4. The first kappa shape index (κ1) is 12.1. The molecule has 0 amide bonds. The zero-order valence-corrected chi connectivity index (χ0v) is 12.3. The molecule has 1 aliphatic heterocycles. The molecule has 18 heavy (non-hydrogen) atoms. The number of fused-ring (bicyclic) bond motifs is 2. The third-order valence-electron chi connectivity index (χ3n) is 3.13. The van der Waals surface area contributed by atoms with Crippen molar-refractivity contribution < 1.29 is 0 Å². The highest BCUT2D eigenvalue weighted by molar-refractivity contribution is 8.01. The molecule has 3 heteroatoms. The van der Waals surface area contributed by atoms with Crippen molar-refractivity contribution in [1.82, 2.24) is 0 Å². The molecule has 3 rings (SSSR count). The molecule has 0 radical (unpaired) electrons. The third kappa shape index (κ3) is 1.84. The van der Waals surface area contributed by atoms with E-state index in [1.165, 1.54) is 20.4 Å². The summed E-state index contributed by atoms with van der Waals surface area (Å²) in [4.78, 5) is 2.74. The van der Waals surface area contributed by atoms with Crippen molar-refractivity contribution in [2.75, 3.05) is 5.73 Å². The maximum absolute atomic E-state index is 6.23. The van der Waals surface area contributed by atoms with E-state index < -0.39 is 0 Å². The van der Waals surface area contributed by atoms with Gasteiger partial charge in [-0.2, -0.15) is 0 Å². The van der Waals surface area contributed by atoms with Crippen molar-refractivity contribution in [3.63, 3.8) is 0 Å². The molecule has 2 aromatic rings. The predicted octanol–water partition coefficient (Wildman–Crippen LogP) is 3.57. The minimum atomic E-state index is -0.329. The van der Waals surface area contributed by atoms with Crippen LogP contribution in [-0.4, -0.2) is 5.66 Å². The van der Waals surface area contributed by atoms with Crippen LogP contribution in [0.3, 0.4) is 0 Å². The summed E-state index contributed by atoms with van der Waals surface area (Å²) in [6, 6.07) is 15.0. The summed E-state index contributed by atoms with van der Waals surface area (Å²) in [5.41, 5.74) is 7.80. The van der Waals surface area contributed by atoms with Gasteiger partial charge in [-0.15, -0.1) is 0 Å². The van der Waals surface area contributed by atoms with Gasteiger partial charge in [0.05, 0.1) is 0 Å². The van der Waals surface area contributed by atoms with Gasteiger partial charge in [0.15, 0.2) is 0 Å². The van der Waals surface area contributed by atoms with Crippen LogP contribution in [0.4, 0.5) is 5.69 Å². The highest BCUT2D eigenvalue weighted by Gasteiger charge is 2.29. The number of hydrogen-bond donors (Lipinski definition) is 1. The quantitative estimate of drug-likeness (QED) is 0.635. The van der Waals surface area contributed by atoms with Gasteiger partial charge in [-0.1, -0.05) is 49.9 Å². The number of nitrogens with two attached hydrogens (primary N) is 1. The lowest BCUT2D eigenvalue weighted by Gasteiger charge is -2.31. The topological polar surface area (TPSA) is 26.0 Å². The maximum atomic E-state index is 6.23. The standard InChI is InChI=1S/C15H16NPS/c1-10(2)17-12-7-3-4-8-13(12)18-14-9-5-6-11(16)15(14)17/h3-10H,16H2,1-2H3. The molecule has 1 heterocycles. The summed E-state index contributed by atoms with van der Waals surface area (Å²) in [6.45, 7) is 4.60. The van der Waals surface area contributed by atoms with E-state index in [0.29, 0.717) is 5.66 Å². The van der Waals surface area contributed by atoms with Gasteiger partial charge < -0.3 is 5.73 Å². The van der Waals surface area contributed by atoms with Gasteiger partial charge in [0.1, 0.15) is 0 Å². The van der Waals surface area contributed by atoms with E-state index in [1.807, 2.05) is 17.8 Å². The second-order valence-electron chi connectivity index (χ2n) is 4.73. The molecule has 1 aliphatic rings. The van der Waals surface area contributed by atoms with Gasteiger partial charge in [0.25, 0.3) is 0 Å². The lowest BCUT2D eigenvalue weighted by atomic mass is 10.3. The summed E-state index contributed by atoms with van der Waals surface area (Å²) in [6.07, 6.45) is 0. The maximum Gasteiger partial charge on any atom is 0.0407 e. The molecule has 1 atom stereocenters. The van der Waals surface area contributed by atoms with E-state index in [0.717, 1.165) is 5.69 Å². The lowest BCUT2D eigenvalue weighted by molar-refractivity contribution is 1.10. The van der Waals surface area contributed by atoms with Crippen LogP contribution in [0, 0.1) is 0 Å². The van der Waals surface area contributed by atoms with Crippen molar-refractivity contribution in [2.24, 2.45) is 0 Å². The lowest BCUT2D eigenvalue weighted by Crippen LogP contribution is -2.26. The van der Waals surface area contributed by atoms with Crippen molar-refractivity contribution in [3.05, 3.63) is 42.5 Å². The molecular formula is C15H16NPS. The summed E-state index contributed by atoms with van der Waals surface area (Å²) >= 11 is 1.85. The minimum absolute atomic E-state index is 0.329. The Bertz CT molecular complexity index is 595. The average Bonchev–Trinajstić information content (AvgIpc) is 2.36. The van der Waals surface area contributed by atoms with Gasteiger partial charge in [-0.25, -0.2) is 0 Å². The highest BCUT2D eigenvalue weighted by atomic mass is 32.2. The van der Waals surface area contributed by atoms with Gasteiger partial charge in [-0.05, 0) is 37.1 Å². The van der Waals surface area contributed by atoms with Crippen LogP contribution in [0.5, 0.6) is 0 Å². The van der Waals surface area contributed by atoms with E-state index in [1.54, 1.807) is 0 Å². The van der Waals surface area contributed by atoms with Crippen LogP contribution in [0.1, 0.15) is 13.8 Å². The second kappa shape index (κ2) is 4.60. The van der Waals surface area contributed by atoms with Crippen LogP contribution < -0.4 is 16.3 Å². The Balaban J connectivity index is 2.25. The Labute approximate surface area is 114 Å². The zero-order chi connectivity index (χ0) is 12.7. The minimum Gasteiger partial charge on any atom is -0.398 e. The molecule has 0 spiro atoms. The molecule has 2 aromatic carbocycles. The number of hydrogen-bond acceptors (Lipinski definition) is 2. The average molecular weight is 273 g/mol. The molecule has 0 fully saturated rings. The molecule has 1 nitrogen and oxygen atoms in total. The summed E-state index contributed by atoms with van der Waals surface area (Å²) in [5.74, 6) is 0. The van der Waals surface area contributed by atoms with Crippen LogP contribution in [0.25, 0.3) is 0 Å². The van der Waals surface area contributed by atoms with Crippen LogP contribution in [0.2, 0.25) is 0 Å². The Morgan fingerprint density at radius 2 is 1.72 bits per heavy atom. The van der Waals surface area contributed by atoms with E-state index in [2.05, 4.69) is 50.2 Å². The predicted molar refractivity (Wildman–Crippen MR) is 82.7 cm³/mol. The van der Waals surface area contributed by atoms with Gasteiger partial charge in [-0.3, -0.25) is 0 Å². The molecule has 0 aliphatic carbocycles. The SMILES string of the molecule is CC(C)P1c2ccccc2Sc2cccc(N)c21. The Hall–Kier alpha value is -0.980. The number of benzene rings is 2. The van der Waals surface area contributed by atoms with Crippen LogP contribution in [-0.2, 0) is 0 Å². The fourth-order valence-electron chi connectivity index (χ4n) is 2.40. The Morgan fingerprint density at radius 1 is 1.00 bits per heavy atom. The summed E-state index contributed by atoms with van der Waals surface area (Å²) in [5, 5.41) is 2.86. The first-order valence-corrected chi connectivity index (χ1v) is 8.36. The smallest absolute Gasteiger partial charge is 0.0407 e. The zero-order valence-electron chi connectivity index (χ0n) is 10.6.